The summed E-state index contributed by atoms with van der Waals surface area (Å²) in [5.41, 5.74) is 0.817. The van der Waals surface area contributed by atoms with Crippen molar-refractivity contribution in [3.63, 3.8) is 0 Å². The molecule has 8 heteroatoms. The van der Waals surface area contributed by atoms with Gasteiger partial charge in [0.2, 0.25) is 6.79 Å². The second-order valence-corrected chi connectivity index (χ2v) is 6.55. The average Bonchev–Trinajstić information content (AvgIpc) is 3.19. The first-order valence-electron chi connectivity index (χ1n) is 7.34. The molecule has 0 bridgehead atoms. The molecule has 3 rings (SSSR count). The molecule has 7 nitrogen and oxygen atoms in total. The number of hydrogen-bond acceptors (Lipinski definition) is 6. The topological polar surface area (TPSA) is 89.0 Å². The van der Waals surface area contributed by atoms with Crippen LogP contribution in [0.1, 0.15) is 23.5 Å². The van der Waals surface area contributed by atoms with Crippen LogP contribution in [0.15, 0.2) is 24.4 Å². The number of carboxylic acids is 1. The van der Waals surface area contributed by atoms with Gasteiger partial charge in [-0.1, -0.05) is 0 Å². The quantitative estimate of drug-likeness (QED) is 0.893. The van der Waals surface area contributed by atoms with Gasteiger partial charge in [0.25, 0.3) is 5.91 Å². The first-order valence-corrected chi connectivity index (χ1v) is 8.16. The van der Waals surface area contributed by atoms with Crippen molar-refractivity contribution in [2.75, 3.05) is 13.3 Å². The molecule has 0 unspecified atom stereocenters. The molecule has 1 aromatic carbocycles. The molecule has 1 N–H and O–H groups in total. The molecule has 0 saturated carbocycles. The SMILES string of the molecule is CC(C)N(CC(=O)O)C(=O)c1cnc(-c2ccc3c(c2)OCO3)s1. The number of aromatic nitrogens is 1. The van der Waals surface area contributed by atoms with Gasteiger partial charge in [0.1, 0.15) is 16.4 Å². The number of ether oxygens (including phenoxy) is 2. The first-order chi connectivity index (χ1) is 11.5. The van der Waals surface area contributed by atoms with Crippen molar-refractivity contribution < 1.29 is 24.2 Å². The molecule has 0 aliphatic carbocycles. The molecule has 0 radical (unpaired) electrons. The number of rotatable bonds is 5. The van der Waals surface area contributed by atoms with Crippen LogP contribution in [0, 0.1) is 0 Å². The number of amides is 1. The third-order valence-electron chi connectivity index (χ3n) is 3.53. The van der Waals surface area contributed by atoms with E-state index in [-0.39, 0.29) is 25.3 Å². The van der Waals surface area contributed by atoms with E-state index in [0.29, 0.717) is 21.4 Å². The highest BCUT2D eigenvalue weighted by Gasteiger charge is 2.24. The summed E-state index contributed by atoms with van der Waals surface area (Å²) in [4.78, 5) is 29.5. The van der Waals surface area contributed by atoms with E-state index in [2.05, 4.69) is 4.98 Å². The number of carbonyl (C=O) groups is 2. The number of fused-ring (bicyclic) bond motifs is 1. The summed E-state index contributed by atoms with van der Waals surface area (Å²) in [6.07, 6.45) is 1.48. The molecule has 1 aromatic heterocycles. The van der Waals surface area contributed by atoms with Gasteiger partial charge in [-0.15, -0.1) is 11.3 Å². The van der Waals surface area contributed by atoms with Crippen molar-refractivity contribution in [1.82, 2.24) is 9.88 Å². The van der Waals surface area contributed by atoms with Crippen molar-refractivity contribution in [2.24, 2.45) is 0 Å². The van der Waals surface area contributed by atoms with Crippen LogP contribution < -0.4 is 9.47 Å². The minimum atomic E-state index is -1.04. The van der Waals surface area contributed by atoms with E-state index in [0.717, 1.165) is 5.56 Å². The normalized spacial score (nSPS) is 12.5. The molecule has 2 heterocycles. The number of nitrogens with zero attached hydrogens (tertiary/aromatic N) is 2. The van der Waals surface area contributed by atoms with Gasteiger partial charge in [-0.25, -0.2) is 4.98 Å². The Labute approximate surface area is 142 Å². The van der Waals surface area contributed by atoms with Crippen molar-refractivity contribution in [3.8, 4) is 22.1 Å². The summed E-state index contributed by atoms with van der Waals surface area (Å²) >= 11 is 1.22. The monoisotopic (exact) mass is 348 g/mol. The maximum absolute atomic E-state index is 12.5. The van der Waals surface area contributed by atoms with Crippen LogP contribution in [0.5, 0.6) is 11.5 Å². The number of carbonyl (C=O) groups excluding carboxylic acids is 1. The van der Waals surface area contributed by atoms with Crippen molar-refractivity contribution in [2.45, 2.75) is 19.9 Å². The molecule has 0 fully saturated rings. The predicted molar refractivity (Wildman–Crippen MR) is 87.5 cm³/mol. The van der Waals surface area contributed by atoms with Crippen LogP contribution >= 0.6 is 11.3 Å². The Hall–Kier alpha value is -2.61. The number of aliphatic carboxylic acids is 1. The average molecular weight is 348 g/mol. The second-order valence-electron chi connectivity index (χ2n) is 5.52. The van der Waals surface area contributed by atoms with Crippen molar-refractivity contribution >= 4 is 23.2 Å². The van der Waals surface area contributed by atoms with Crippen LogP contribution in [0.3, 0.4) is 0 Å². The van der Waals surface area contributed by atoms with E-state index < -0.39 is 5.97 Å². The van der Waals surface area contributed by atoms with E-state index in [1.54, 1.807) is 19.9 Å². The lowest BCUT2D eigenvalue weighted by Crippen LogP contribution is -2.40. The molecule has 0 atom stereocenters. The maximum atomic E-state index is 12.5. The Bertz CT molecular complexity index is 787. The zero-order chi connectivity index (χ0) is 17.3. The molecular weight excluding hydrogens is 332 g/mol. The van der Waals surface area contributed by atoms with Gasteiger partial charge in [0.05, 0.1) is 6.20 Å². The summed E-state index contributed by atoms with van der Waals surface area (Å²) < 4.78 is 10.6. The highest BCUT2D eigenvalue weighted by atomic mass is 32.1. The minimum absolute atomic E-state index is 0.193. The van der Waals surface area contributed by atoms with E-state index in [4.69, 9.17) is 14.6 Å². The highest BCUT2D eigenvalue weighted by molar-refractivity contribution is 7.16. The fraction of sp³-hybridized carbons (Fsp3) is 0.312. The smallest absolute Gasteiger partial charge is 0.323 e. The largest absolute Gasteiger partial charge is 0.480 e. The molecule has 126 valence electrons. The van der Waals surface area contributed by atoms with E-state index >= 15 is 0 Å². The molecule has 1 amide bonds. The number of benzene rings is 1. The summed E-state index contributed by atoms with van der Waals surface area (Å²) in [5.74, 6) is -0.0567. The molecular formula is C16H16N2O5S. The third kappa shape index (κ3) is 3.18. The zero-order valence-electron chi connectivity index (χ0n) is 13.2. The van der Waals surface area contributed by atoms with Gasteiger partial charge in [-0.3, -0.25) is 9.59 Å². The lowest BCUT2D eigenvalue weighted by atomic mass is 10.2. The number of hydrogen-bond donors (Lipinski definition) is 1. The summed E-state index contributed by atoms with van der Waals surface area (Å²) in [5, 5.41) is 9.63. The Balaban J connectivity index is 1.84. The van der Waals surface area contributed by atoms with Crippen LogP contribution in [-0.2, 0) is 4.79 Å². The molecule has 24 heavy (non-hydrogen) atoms. The zero-order valence-corrected chi connectivity index (χ0v) is 14.0. The molecule has 1 aliphatic rings. The van der Waals surface area contributed by atoms with Crippen molar-refractivity contribution in [1.29, 1.82) is 0 Å². The van der Waals surface area contributed by atoms with E-state index in [1.165, 1.54) is 22.4 Å². The van der Waals surface area contributed by atoms with Gasteiger partial charge < -0.3 is 19.5 Å². The molecule has 0 spiro atoms. The van der Waals surface area contributed by atoms with Crippen LogP contribution in [0.4, 0.5) is 0 Å². The predicted octanol–water partition coefficient (Wildman–Crippen LogP) is 2.47. The standard InChI is InChI=1S/C16H16N2O5S/c1-9(2)18(7-14(19)20)16(21)13-6-17-15(24-13)10-3-4-11-12(5-10)23-8-22-11/h3-6,9H,7-8H2,1-2H3,(H,19,20). The molecule has 2 aromatic rings. The Kier molecular flexibility index (Phi) is 4.39. The number of thiazole rings is 1. The fourth-order valence-corrected chi connectivity index (χ4v) is 3.18. The van der Waals surface area contributed by atoms with Gasteiger partial charge in [-0.2, -0.15) is 0 Å². The summed E-state index contributed by atoms with van der Waals surface area (Å²) in [7, 11) is 0. The lowest BCUT2D eigenvalue weighted by molar-refractivity contribution is -0.138. The Morgan fingerprint density at radius 1 is 1.33 bits per heavy atom. The highest BCUT2D eigenvalue weighted by Crippen LogP contribution is 2.37. The van der Waals surface area contributed by atoms with Gasteiger partial charge in [0, 0.05) is 11.6 Å². The third-order valence-corrected chi connectivity index (χ3v) is 4.56. The van der Waals surface area contributed by atoms with E-state index in [1.807, 2.05) is 12.1 Å². The summed E-state index contributed by atoms with van der Waals surface area (Å²) in [6.45, 7) is 3.41. The first kappa shape index (κ1) is 16.3. The van der Waals surface area contributed by atoms with Gasteiger partial charge in [0.15, 0.2) is 11.5 Å². The Morgan fingerprint density at radius 3 is 2.79 bits per heavy atom. The fourth-order valence-electron chi connectivity index (χ4n) is 2.31. The second kappa shape index (κ2) is 6.48. The van der Waals surface area contributed by atoms with Gasteiger partial charge in [-0.05, 0) is 32.0 Å². The van der Waals surface area contributed by atoms with Gasteiger partial charge >= 0.3 is 5.97 Å². The van der Waals surface area contributed by atoms with E-state index in [9.17, 15) is 9.59 Å². The minimum Gasteiger partial charge on any atom is -0.480 e. The van der Waals surface area contributed by atoms with Crippen LogP contribution in [0.2, 0.25) is 0 Å². The maximum Gasteiger partial charge on any atom is 0.323 e. The van der Waals surface area contributed by atoms with Crippen LogP contribution in [0.25, 0.3) is 10.6 Å². The van der Waals surface area contributed by atoms with Crippen LogP contribution in [-0.4, -0.2) is 46.2 Å². The molecule has 0 saturated heterocycles. The lowest BCUT2D eigenvalue weighted by Gasteiger charge is -2.23. The summed E-state index contributed by atoms with van der Waals surface area (Å²) in [6, 6.07) is 5.24. The Morgan fingerprint density at radius 2 is 2.08 bits per heavy atom. The molecule has 1 aliphatic heterocycles. The number of carboxylic acid groups (broad SMARTS) is 1. The van der Waals surface area contributed by atoms with Crippen molar-refractivity contribution in [3.05, 3.63) is 29.3 Å².